The number of benzene rings is 1. The van der Waals surface area contributed by atoms with Crippen LogP contribution in [0.3, 0.4) is 0 Å². The molecule has 0 aromatic heterocycles. The smallest absolute Gasteiger partial charge is 0.257 e. The van der Waals surface area contributed by atoms with E-state index in [0.717, 1.165) is 38.3 Å². The van der Waals surface area contributed by atoms with E-state index < -0.39 is 0 Å². The zero-order chi connectivity index (χ0) is 14.7. The lowest BCUT2D eigenvalue weighted by Crippen LogP contribution is -2.45. The molecule has 0 radical (unpaired) electrons. The van der Waals surface area contributed by atoms with Gasteiger partial charge in [0.25, 0.3) is 5.91 Å². The van der Waals surface area contributed by atoms with Crippen molar-refractivity contribution in [3.05, 3.63) is 29.8 Å². The first-order valence-electron chi connectivity index (χ1n) is 7.53. The molecule has 1 amide bonds. The number of carbonyl (C=O) groups excluding carboxylic acids is 1. The van der Waals surface area contributed by atoms with Crippen molar-refractivity contribution in [2.75, 3.05) is 32.1 Å². The first-order valence-corrected chi connectivity index (χ1v) is 8.52. The number of carbonyl (C=O) groups is 1. The third-order valence-electron chi connectivity index (χ3n) is 4.04. The molecule has 0 N–H and O–H groups in total. The summed E-state index contributed by atoms with van der Waals surface area (Å²) in [6.07, 6.45) is 1.83. The Bertz CT molecular complexity index is 504. The molecule has 4 nitrogen and oxygen atoms in total. The molecule has 1 spiro atoms. The van der Waals surface area contributed by atoms with Crippen LogP contribution in [0, 0.1) is 0 Å². The van der Waals surface area contributed by atoms with Gasteiger partial charge < -0.3 is 14.4 Å². The molecule has 0 saturated carbocycles. The van der Waals surface area contributed by atoms with Gasteiger partial charge in [-0.15, -0.1) is 11.8 Å². The maximum Gasteiger partial charge on any atom is 0.257 e. The Morgan fingerprint density at radius 1 is 1.38 bits per heavy atom. The first-order chi connectivity index (χ1) is 10.2. The van der Waals surface area contributed by atoms with Gasteiger partial charge in [-0.25, -0.2) is 0 Å². The second-order valence-electron chi connectivity index (χ2n) is 5.33. The average Bonchev–Trinajstić information content (AvgIpc) is 2.97. The molecule has 2 saturated heterocycles. The van der Waals surface area contributed by atoms with Crippen LogP contribution in [0.4, 0.5) is 0 Å². The van der Waals surface area contributed by atoms with Crippen molar-refractivity contribution in [1.82, 2.24) is 4.90 Å². The van der Waals surface area contributed by atoms with E-state index in [1.807, 2.05) is 47.9 Å². The van der Waals surface area contributed by atoms with E-state index in [2.05, 4.69) is 0 Å². The third-order valence-corrected chi connectivity index (χ3v) is 5.47. The summed E-state index contributed by atoms with van der Waals surface area (Å²) >= 11 is 1.90. The summed E-state index contributed by atoms with van der Waals surface area (Å²) in [4.78, 5) is 14.6. The lowest BCUT2D eigenvalue weighted by Gasteiger charge is -2.38. The normalized spacial score (nSPS) is 20.7. The topological polar surface area (TPSA) is 38.8 Å². The minimum absolute atomic E-state index is 0.0315. The van der Waals surface area contributed by atoms with Gasteiger partial charge in [0, 0.05) is 31.7 Å². The van der Waals surface area contributed by atoms with Crippen LogP contribution in [0.2, 0.25) is 0 Å². The number of ether oxygens (including phenoxy) is 2. The average molecular weight is 307 g/mol. The van der Waals surface area contributed by atoms with E-state index in [1.165, 1.54) is 0 Å². The number of amides is 1. The van der Waals surface area contributed by atoms with Crippen LogP contribution in [-0.2, 0) is 4.74 Å². The summed E-state index contributed by atoms with van der Waals surface area (Å²) in [5.74, 6) is 1.81. The van der Waals surface area contributed by atoms with Gasteiger partial charge in [0.15, 0.2) is 0 Å². The molecule has 21 heavy (non-hydrogen) atoms. The fraction of sp³-hybridized carbons (Fsp3) is 0.562. The maximum atomic E-state index is 12.7. The van der Waals surface area contributed by atoms with E-state index in [1.54, 1.807) is 0 Å². The van der Waals surface area contributed by atoms with Crippen LogP contribution >= 0.6 is 11.8 Å². The van der Waals surface area contributed by atoms with Gasteiger partial charge in [-0.2, -0.15) is 0 Å². The Morgan fingerprint density at radius 2 is 2.14 bits per heavy atom. The number of piperidine rings is 1. The van der Waals surface area contributed by atoms with Gasteiger partial charge in [-0.05, 0) is 19.1 Å². The molecule has 114 valence electrons. The van der Waals surface area contributed by atoms with Crippen molar-refractivity contribution >= 4 is 17.7 Å². The van der Waals surface area contributed by atoms with Crippen LogP contribution in [0.15, 0.2) is 24.3 Å². The van der Waals surface area contributed by atoms with Gasteiger partial charge >= 0.3 is 0 Å². The van der Waals surface area contributed by atoms with E-state index in [9.17, 15) is 4.79 Å². The largest absolute Gasteiger partial charge is 0.493 e. The minimum atomic E-state index is -0.0315. The van der Waals surface area contributed by atoms with Gasteiger partial charge in [0.05, 0.1) is 18.8 Å². The highest BCUT2D eigenvalue weighted by atomic mass is 32.2. The number of rotatable bonds is 3. The Labute approximate surface area is 129 Å². The summed E-state index contributed by atoms with van der Waals surface area (Å²) in [5, 5.41) is 0. The molecule has 3 rings (SSSR count). The molecule has 0 bridgehead atoms. The van der Waals surface area contributed by atoms with E-state index in [4.69, 9.17) is 9.47 Å². The molecule has 0 atom stereocenters. The van der Waals surface area contributed by atoms with Crippen molar-refractivity contribution < 1.29 is 14.3 Å². The Kier molecular flexibility index (Phi) is 4.40. The number of hydrogen-bond donors (Lipinski definition) is 0. The molecule has 5 heteroatoms. The van der Waals surface area contributed by atoms with E-state index >= 15 is 0 Å². The van der Waals surface area contributed by atoms with Crippen LogP contribution in [-0.4, -0.2) is 47.8 Å². The molecular formula is C16H21NO3S. The van der Waals surface area contributed by atoms with Crippen LogP contribution in [0.5, 0.6) is 5.75 Å². The monoisotopic (exact) mass is 307 g/mol. The lowest BCUT2D eigenvalue weighted by molar-refractivity contribution is 0.00345. The molecule has 0 unspecified atom stereocenters. The zero-order valence-corrected chi connectivity index (χ0v) is 13.2. The molecule has 2 aliphatic rings. The highest BCUT2D eigenvalue weighted by Crippen LogP contribution is 2.41. The summed E-state index contributed by atoms with van der Waals surface area (Å²) in [7, 11) is 0. The first kappa shape index (κ1) is 14.7. The second-order valence-corrected chi connectivity index (χ2v) is 6.77. The molecule has 0 aliphatic carbocycles. The Hall–Kier alpha value is -1.20. The molecule has 2 heterocycles. The molecule has 1 aromatic rings. The number of thioether (sulfide) groups is 1. The van der Waals surface area contributed by atoms with Crippen molar-refractivity contribution in [3.8, 4) is 5.75 Å². The summed E-state index contributed by atoms with van der Waals surface area (Å²) < 4.78 is 11.4. The fourth-order valence-electron chi connectivity index (χ4n) is 2.93. The summed E-state index contributed by atoms with van der Waals surface area (Å²) in [5.41, 5.74) is 0.662. The maximum absolute atomic E-state index is 12.7. The van der Waals surface area contributed by atoms with Crippen molar-refractivity contribution in [3.63, 3.8) is 0 Å². The number of hydrogen-bond acceptors (Lipinski definition) is 4. The van der Waals surface area contributed by atoms with Crippen LogP contribution < -0.4 is 4.74 Å². The SMILES string of the molecule is CCOc1ccccc1C(=O)N1CCC2(CC1)OCCS2. The molecule has 1 aromatic carbocycles. The van der Waals surface area contributed by atoms with Gasteiger partial charge in [-0.3, -0.25) is 4.79 Å². The predicted molar refractivity (Wildman–Crippen MR) is 83.9 cm³/mol. The quantitative estimate of drug-likeness (QED) is 0.861. The standard InChI is InChI=1S/C16H21NO3S/c1-2-19-14-6-4-3-5-13(14)15(18)17-9-7-16(8-10-17)20-11-12-21-16/h3-6H,2,7-12H2,1H3. The highest BCUT2D eigenvalue weighted by molar-refractivity contribution is 8.00. The van der Waals surface area contributed by atoms with E-state index in [-0.39, 0.29) is 10.8 Å². The van der Waals surface area contributed by atoms with Crippen molar-refractivity contribution in [2.45, 2.75) is 24.7 Å². The fourth-order valence-corrected chi connectivity index (χ4v) is 4.11. The van der Waals surface area contributed by atoms with Crippen LogP contribution in [0.25, 0.3) is 0 Å². The lowest BCUT2D eigenvalue weighted by atomic mass is 10.1. The van der Waals surface area contributed by atoms with Crippen LogP contribution in [0.1, 0.15) is 30.1 Å². The minimum Gasteiger partial charge on any atom is -0.493 e. The predicted octanol–water partition coefficient (Wildman–Crippen LogP) is 2.78. The zero-order valence-electron chi connectivity index (χ0n) is 12.3. The number of nitrogens with zero attached hydrogens (tertiary/aromatic N) is 1. The molecule has 2 fully saturated rings. The van der Waals surface area contributed by atoms with E-state index in [0.29, 0.717) is 17.9 Å². The highest BCUT2D eigenvalue weighted by Gasteiger charge is 2.40. The molecule has 2 aliphatic heterocycles. The third kappa shape index (κ3) is 3.04. The van der Waals surface area contributed by atoms with Crippen molar-refractivity contribution in [2.24, 2.45) is 0 Å². The van der Waals surface area contributed by atoms with Gasteiger partial charge in [-0.1, -0.05) is 12.1 Å². The van der Waals surface area contributed by atoms with Crippen molar-refractivity contribution in [1.29, 1.82) is 0 Å². The number of para-hydroxylation sites is 1. The van der Waals surface area contributed by atoms with Gasteiger partial charge in [0.1, 0.15) is 10.7 Å². The Morgan fingerprint density at radius 3 is 2.81 bits per heavy atom. The Balaban J connectivity index is 1.69. The summed E-state index contributed by atoms with van der Waals surface area (Å²) in [6.45, 7) is 4.85. The summed E-state index contributed by atoms with van der Waals surface area (Å²) in [6, 6.07) is 7.49. The second kappa shape index (κ2) is 6.28. The molecular weight excluding hydrogens is 286 g/mol. The van der Waals surface area contributed by atoms with Gasteiger partial charge in [0.2, 0.25) is 0 Å². The number of likely N-dealkylation sites (tertiary alicyclic amines) is 1.